The zero-order chi connectivity index (χ0) is 17.3. The summed E-state index contributed by atoms with van der Waals surface area (Å²) in [6, 6.07) is 6.95. The fourth-order valence-electron chi connectivity index (χ4n) is 2.97. The first-order valence-corrected chi connectivity index (χ1v) is 9.25. The lowest BCUT2D eigenvalue weighted by molar-refractivity contribution is 0.344. The summed E-state index contributed by atoms with van der Waals surface area (Å²) in [6.45, 7) is 8.11. The van der Waals surface area contributed by atoms with E-state index >= 15 is 0 Å². The normalized spacial score (nSPS) is 15.0. The van der Waals surface area contributed by atoms with Gasteiger partial charge in [0.1, 0.15) is 0 Å². The van der Waals surface area contributed by atoms with Gasteiger partial charge in [0.05, 0.1) is 10.4 Å². The number of rotatable bonds is 6. The van der Waals surface area contributed by atoms with Gasteiger partial charge in [0, 0.05) is 23.7 Å². The van der Waals surface area contributed by atoms with Crippen molar-refractivity contribution in [2.24, 2.45) is 11.7 Å². The Bertz CT molecular complexity index is 803. The summed E-state index contributed by atoms with van der Waals surface area (Å²) in [4.78, 5) is 4.55. The summed E-state index contributed by atoms with van der Waals surface area (Å²) < 4.78 is 28.6. The van der Waals surface area contributed by atoms with Crippen molar-refractivity contribution in [3.63, 3.8) is 0 Å². The molecule has 0 radical (unpaired) electrons. The van der Waals surface area contributed by atoms with Crippen molar-refractivity contribution in [1.29, 1.82) is 0 Å². The van der Waals surface area contributed by atoms with E-state index in [4.69, 9.17) is 5.73 Å². The highest BCUT2D eigenvalue weighted by molar-refractivity contribution is 7.89. The number of nitrogens with two attached hydrogens (primary N) is 1. The highest BCUT2D eigenvalue weighted by Gasteiger charge is 2.31. The molecule has 1 aromatic heterocycles. The topological polar surface area (TPSA) is 85.1 Å². The van der Waals surface area contributed by atoms with Crippen molar-refractivity contribution in [2.75, 3.05) is 6.54 Å². The molecule has 0 aliphatic rings. The Kier molecular flexibility index (Phi) is 5.08. The van der Waals surface area contributed by atoms with Gasteiger partial charge in [-0.25, -0.2) is 13.1 Å². The number of benzene rings is 1. The number of aromatic nitrogens is 1. The second-order valence-corrected chi connectivity index (χ2v) is 8.40. The van der Waals surface area contributed by atoms with Gasteiger partial charge < -0.3 is 5.73 Å². The molecule has 0 aliphatic carbocycles. The fraction of sp³-hybridized carbons (Fsp3) is 0.471. The van der Waals surface area contributed by atoms with E-state index in [0.29, 0.717) is 23.2 Å². The molecule has 6 heteroatoms. The molecule has 1 atom stereocenters. The van der Waals surface area contributed by atoms with E-state index in [1.54, 1.807) is 30.5 Å². The van der Waals surface area contributed by atoms with Gasteiger partial charge in [0.2, 0.25) is 10.0 Å². The van der Waals surface area contributed by atoms with Crippen molar-refractivity contribution in [1.82, 2.24) is 9.71 Å². The summed E-state index contributed by atoms with van der Waals surface area (Å²) in [5, 5.41) is 0.629. The monoisotopic (exact) mass is 335 g/mol. The predicted octanol–water partition coefficient (Wildman–Crippen LogP) is 2.59. The summed E-state index contributed by atoms with van der Waals surface area (Å²) in [5.41, 5.74) is 6.81. The van der Waals surface area contributed by atoms with Gasteiger partial charge in [0.15, 0.2) is 0 Å². The molecule has 0 saturated heterocycles. The van der Waals surface area contributed by atoms with Gasteiger partial charge in [-0.2, -0.15) is 0 Å². The van der Waals surface area contributed by atoms with Crippen LogP contribution < -0.4 is 10.5 Å². The third-order valence-electron chi connectivity index (χ3n) is 3.91. The lowest BCUT2D eigenvalue weighted by Gasteiger charge is -2.31. The fourth-order valence-corrected chi connectivity index (χ4v) is 4.60. The van der Waals surface area contributed by atoms with Gasteiger partial charge in [0.25, 0.3) is 0 Å². The van der Waals surface area contributed by atoms with E-state index < -0.39 is 15.6 Å². The van der Waals surface area contributed by atoms with E-state index in [0.717, 1.165) is 5.56 Å². The molecule has 1 heterocycles. The largest absolute Gasteiger partial charge is 0.329 e. The van der Waals surface area contributed by atoms with E-state index in [-0.39, 0.29) is 11.4 Å². The Balaban J connectivity index is 2.50. The van der Waals surface area contributed by atoms with Crippen molar-refractivity contribution >= 4 is 20.9 Å². The number of sulfonamides is 1. The van der Waals surface area contributed by atoms with Crippen LogP contribution in [0.15, 0.2) is 35.4 Å². The molecular weight excluding hydrogens is 310 g/mol. The Morgan fingerprint density at radius 3 is 2.61 bits per heavy atom. The highest BCUT2D eigenvalue weighted by Crippen LogP contribution is 2.26. The maximum Gasteiger partial charge on any atom is 0.241 e. The first-order valence-electron chi connectivity index (χ1n) is 7.77. The summed E-state index contributed by atoms with van der Waals surface area (Å²) in [5.74, 6) is 0.336. The number of fused-ring (bicyclic) bond motifs is 1. The molecule has 0 aliphatic heterocycles. The Labute approximate surface area is 138 Å². The maximum atomic E-state index is 12.9. The third kappa shape index (κ3) is 3.88. The van der Waals surface area contributed by atoms with Crippen LogP contribution in [0.1, 0.15) is 32.8 Å². The Morgan fingerprint density at radius 1 is 1.30 bits per heavy atom. The molecule has 2 rings (SSSR count). The molecular formula is C17H25N3O2S. The number of aryl methyl sites for hydroxylation is 1. The molecule has 0 bridgehead atoms. The minimum absolute atomic E-state index is 0.243. The van der Waals surface area contributed by atoms with E-state index in [2.05, 4.69) is 9.71 Å². The van der Waals surface area contributed by atoms with Crippen molar-refractivity contribution in [3.8, 4) is 0 Å². The Hall–Kier alpha value is -1.50. The zero-order valence-electron chi connectivity index (χ0n) is 14.1. The standard InChI is InChI=1S/C17H25N3O2S/c1-12(2)10-17(4,11-18)20-23(21,22)15-8-7-13(3)16-14(15)6-5-9-19-16/h5-9,12,20H,10-11,18H2,1-4H3. The summed E-state index contributed by atoms with van der Waals surface area (Å²) in [6.07, 6.45) is 2.34. The highest BCUT2D eigenvalue weighted by atomic mass is 32.2. The van der Waals surface area contributed by atoms with Crippen LogP contribution in [-0.2, 0) is 10.0 Å². The summed E-state index contributed by atoms with van der Waals surface area (Å²) in [7, 11) is -3.69. The predicted molar refractivity (Wildman–Crippen MR) is 93.7 cm³/mol. The minimum atomic E-state index is -3.69. The molecule has 3 N–H and O–H groups in total. The van der Waals surface area contributed by atoms with Crippen LogP contribution in [-0.4, -0.2) is 25.5 Å². The molecule has 0 fully saturated rings. The van der Waals surface area contributed by atoms with Gasteiger partial charge >= 0.3 is 0 Å². The lowest BCUT2D eigenvalue weighted by Crippen LogP contribution is -2.52. The van der Waals surface area contributed by atoms with E-state index in [9.17, 15) is 8.42 Å². The molecule has 23 heavy (non-hydrogen) atoms. The quantitative estimate of drug-likeness (QED) is 0.849. The number of nitrogens with one attached hydrogen (secondary N) is 1. The van der Waals surface area contributed by atoms with E-state index in [1.165, 1.54) is 0 Å². The Morgan fingerprint density at radius 2 is 2.00 bits per heavy atom. The van der Waals surface area contributed by atoms with Crippen LogP contribution in [0.4, 0.5) is 0 Å². The number of pyridine rings is 1. The molecule has 1 aromatic carbocycles. The van der Waals surface area contributed by atoms with Crippen LogP contribution in [0.5, 0.6) is 0 Å². The molecule has 126 valence electrons. The summed E-state index contributed by atoms with van der Waals surface area (Å²) >= 11 is 0. The molecule has 0 amide bonds. The van der Waals surface area contributed by atoms with Crippen LogP contribution in [0, 0.1) is 12.8 Å². The minimum Gasteiger partial charge on any atom is -0.329 e. The van der Waals surface area contributed by atoms with Crippen LogP contribution in [0.2, 0.25) is 0 Å². The van der Waals surface area contributed by atoms with Crippen LogP contribution in [0.3, 0.4) is 0 Å². The average Bonchev–Trinajstić information content (AvgIpc) is 2.46. The lowest BCUT2D eigenvalue weighted by atomic mass is 9.92. The van der Waals surface area contributed by atoms with Crippen molar-refractivity contribution in [2.45, 2.75) is 44.6 Å². The van der Waals surface area contributed by atoms with Gasteiger partial charge in [-0.05, 0) is 49.9 Å². The average molecular weight is 335 g/mol. The third-order valence-corrected chi connectivity index (χ3v) is 5.61. The van der Waals surface area contributed by atoms with Crippen molar-refractivity contribution < 1.29 is 8.42 Å². The second-order valence-electron chi connectivity index (χ2n) is 6.75. The van der Waals surface area contributed by atoms with E-state index in [1.807, 2.05) is 27.7 Å². The van der Waals surface area contributed by atoms with Crippen LogP contribution in [0.25, 0.3) is 10.9 Å². The zero-order valence-corrected chi connectivity index (χ0v) is 14.9. The molecule has 2 aromatic rings. The van der Waals surface area contributed by atoms with Gasteiger partial charge in [-0.1, -0.05) is 19.9 Å². The van der Waals surface area contributed by atoms with Crippen molar-refractivity contribution in [3.05, 3.63) is 36.0 Å². The second kappa shape index (κ2) is 6.55. The number of hydrogen-bond donors (Lipinski definition) is 2. The smallest absolute Gasteiger partial charge is 0.241 e. The number of nitrogens with zero attached hydrogens (tertiary/aromatic N) is 1. The molecule has 0 saturated carbocycles. The molecule has 0 spiro atoms. The number of hydrogen-bond acceptors (Lipinski definition) is 4. The molecule has 1 unspecified atom stereocenters. The SMILES string of the molecule is Cc1ccc(S(=O)(=O)NC(C)(CN)CC(C)C)c2cccnc12. The maximum absolute atomic E-state index is 12.9. The first kappa shape index (κ1) is 17.8. The van der Waals surface area contributed by atoms with Crippen LogP contribution >= 0.6 is 0 Å². The van der Waals surface area contributed by atoms with Gasteiger partial charge in [-0.3, -0.25) is 4.98 Å². The van der Waals surface area contributed by atoms with Gasteiger partial charge in [-0.15, -0.1) is 0 Å². The first-order chi connectivity index (χ1) is 10.7. The molecule has 5 nitrogen and oxygen atoms in total.